The van der Waals surface area contributed by atoms with Crippen LogP contribution in [0.3, 0.4) is 0 Å². The van der Waals surface area contributed by atoms with Crippen molar-refractivity contribution in [3.8, 4) is 11.5 Å². The van der Waals surface area contributed by atoms with Crippen molar-refractivity contribution in [2.75, 3.05) is 7.11 Å². The summed E-state index contributed by atoms with van der Waals surface area (Å²) < 4.78 is 21.5. The van der Waals surface area contributed by atoms with E-state index in [-0.39, 0.29) is 5.91 Å². The van der Waals surface area contributed by atoms with Crippen molar-refractivity contribution in [3.63, 3.8) is 0 Å². The number of hydrogen-bond acceptors (Lipinski definition) is 8. The van der Waals surface area contributed by atoms with E-state index >= 15 is 0 Å². The van der Waals surface area contributed by atoms with Gasteiger partial charge in [0.2, 0.25) is 11.8 Å². The SMILES string of the molecule is COc1cc(/C=C/C(=O)NC(C)(C)c2noc(C)n2)ccc1OCc1c(C)noc1C. The summed E-state index contributed by atoms with van der Waals surface area (Å²) in [4.78, 5) is 16.6. The average molecular weight is 426 g/mol. The third-order valence-corrected chi connectivity index (χ3v) is 4.69. The van der Waals surface area contributed by atoms with Gasteiger partial charge in [0, 0.05) is 13.0 Å². The first-order valence-electron chi connectivity index (χ1n) is 9.73. The number of amides is 1. The fraction of sp³-hybridized carbons (Fsp3) is 0.364. The Labute approximate surface area is 180 Å². The highest BCUT2D eigenvalue weighted by Gasteiger charge is 2.27. The second-order valence-electron chi connectivity index (χ2n) is 7.59. The molecule has 0 atom stereocenters. The van der Waals surface area contributed by atoms with Crippen LogP contribution in [0.2, 0.25) is 0 Å². The number of benzene rings is 1. The van der Waals surface area contributed by atoms with E-state index in [0.717, 1.165) is 22.6 Å². The summed E-state index contributed by atoms with van der Waals surface area (Å²) >= 11 is 0. The van der Waals surface area contributed by atoms with Crippen LogP contribution < -0.4 is 14.8 Å². The Morgan fingerprint density at radius 1 is 1.16 bits per heavy atom. The molecule has 1 aromatic carbocycles. The summed E-state index contributed by atoms with van der Waals surface area (Å²) in [5.74, 6) is 2.42. The van der Waals surface area contributed by atoms with Crippen LogP contribution >= 0.6 is 0 Å². The fourth-order valence-electron chi connectivity index (χ4n) is 2.90. The predicted octanol–water partition coefficient (Wildman–Crippen LogP) is 3.64. The first kappa shape index (κ1) is 22.1. The molecule has 2 heterocycles. The van der Waals surface area contributed by atoms with Gasteiger partial charge in [-0.1, -0.05) is 16.4 Å². The molecule has 2 aromatic heterocycles. The molecule has 1 amide bonds. The molecule has 0 radical (unpaired) electrons. The molecular formula is C22H26N4O5. The highest BCUT2D eigenvalue weighted by molar-refractivity contribution is 5.92. The van der Waals surface area contributed by atoms with Gasteiger partial charge in [0.05, 0.1) is 23.9 Å². The lowest BCUT2D eigenvalue weighted by atomic mass is 10.0. The van der Waals surface area contributed by atoms with E-state index in [4.69, 9.17) is 18.5 Å². The van der Waals surface area contributed by atoms with Crippen LogP contribution in [-0.2, 0) is 16.9 Å². The number of rotatable bonds is 8. The number of methoxy groups -OCH3 is 1. The van der Waals surface area contributed by atoms with Gasteiger partial charge in [-0.05, 0) is 51.5 Å². The second kappa shape index (κ2) is 9.03. The predicted molar refractivity (Wildman–Crippen MR) is 113 cm³/mol. The van der Waals surface area contributed by atoms with Crippen LogP contribution in [0.25, 0.3) is 6.08 Å². The fourth-order valence-corrected chi connectivity index (χ4v) is 2.90. The highest BCUT2D eigenvalue weighted by atomic mass is 16.5. The Morgan fingerprint density at radius 3 is 2.55 bits per heavy atom. The minimum absolute atomic E-state index is 0.287. The van der Waals surface area contributed by atoms with E-state index in [1.54, 1.807) is 46.1 Å². The Hall–Kier alpha value is -3.62. The van der Waals surface area contributed by atoms with Crippen molar-refractivity contribution in [1.29, 1.82) is 0 Å². The summed E-state index contributed by atoms with van der Waals surface area (Å²) in [6, 6.07) is 5.42. The van der Waals surface area contributed by atoms with Gasteiger partial charge in [-0.2, -0.15) is 4.98 Å². The number of hydrogen-bond donors (Lipinski definition) is 1. The molecule has 1 N–H and O–H groups in total. The van der Waals surface area contributed by atoms with Crippen molar-refractivity contribution in [2.24, 2.45) is 0 Å². The molecule has 0 aliphatic carbocycles. The molecule has 0 aliphatic heterocycles. The minimum Gasteiger partial charge on any atom is -0.493 e. The number of aromatic nitrogens is 3. The maximum absolute atomic E-state index is 12.4. The van der Waals surface area contributed by atoms with Crippen LogP contribution in [0.5, 0.6) is 11.5 Å². The topological polar surface area (TPSA) is 113 Å². The van der Waals surface area contributed by atoms with E-state index in [9.17, 15) is 4.79 Å². The van der Waals surface area contributed by atoms with Crippen molar-refractivity contribution < 1.29 is 23.3 Å². The van der Waals surface area contributed by atoms with Gasteiger partial charge in [0.1, 0.15) is 12.4 Å². The van der Waals surface area contributed by atoms with Gasteiger partial charge in [0.15, 0.2) is 17.3 Å². The quantitative estimate of drug-likeness (QED) is 0.543. The maximum Gasteiger partial charge on any atom is 0.244 e. The zero-order chi connectivity index (χ0) is 22.6. The first-order chi connectivity index (χ1) is 14.7. The summed E-state index contributed by atoms with van der Waals surface area (Å²) in [6.07, 6.45) is 3.13. The van der Waals surface area contributed by atoms with Gasteiger partial charge in [-0.15, -0.1) is 0 Å². The van der Waals surface area contributed by atoms with Crippen LogP contribution in [0, 0.1) is 20.8 Å². The van der Waals surface area contributed by atoms with Crippen molar-refractivity contribution in [1.82, 2.24) is 20.6 Å². The van der Waals surface area contributed by atoms with E-state index in [1.165, 1.54) is 6.08 Å². The van der Waals surface area contributed by atoms with E-state index in [0.29, 0.717) is 29.8 Å². The number of aryl methyl sites for hydroxylation is 3. The van der Waals surface area contributed by atoms with Crippen LogP contribution in [0.4, 0.5) is 0 Å². The summed E-state index contributed by atoms with van der Waals surface area (Å²) in [7, 11) is 1.56. The summed E-state index contributed by atoms with van der Waals surface area (Å²) in [5, 5.41) is 10.7. The average Bonchev–Trinajstić information content (AvgIpc) is 3.31. The molecule has 0 aliphatic rings. The molecule has 0 saturated heterocycles. The van der Waals surface area contributed by atoms with Crippen LogP contribution in [0.1, 0.15) is 48.1 Å². The lowest BCUT2D eigenvalue weighted by Gasteiger charge is -2.21. The number of nitrogens with one attached hydrogen (secondary N) is 1. The van der Waals surface area contributed by atoms with Crippen molar-refractivity contribution in [3.05, 3.63) is 58.6 Å². The lowest BCUT2D eigenvalue weighted by Crippen LogP contribution is -2.41. The maximum atomic E-state index is 12.4. The Balaban J connectivity index is 1.66. The smallest absolute Gasteiger partial charge is 0.244 e. The van der Waals surface area contributed by atoms with E-state index in [2.05, 4.69) is 20.6 Å². The molecule has 0 saturated carbocycles. The number of nitrogens with zero attached hydrogens (tertiary/aromatic N) is 3. The molecule has 0 spiro atoms. The zero-order valence-corrected chi connectivity index (χ0v) is 18.5. The standard InChI is InChI=1S/C22H26N4O5/c1-13-17(14(2)30-25-13)12-29-18-9-7-16(11-19(18)28-6)8-10-20(27)24-22(4,5)21-23-15(3)31-26-21/h7-11H,12H2,1-6H3,(H,24,27)/b10-8+. The zero-order valence-electron chi connectivity index (χ0n) is 18.5. The molecule has 0 unspecified atom stereocenters. The molecule has 164 valence electrons. The van der Waals surface area contributed by atoms with Gasteiger partial charge in [-0.3, -0.25) is 4.79 Å². The molecule has 0 bridgehead atoms. The van der Waals surface area contributed by atoms with Gasteiger partial charge in [-0.25, -0.2) is 0 Å². The van der Waals surface area contributed by atoms with Crippen LogP contribution in [-0.4, -0.2) is 28.3 Å². The second-order valence-corrected chi connectivity index (χ2v) is 7.59. The van der Waals surface area contributed by atoms with Crippen LogP contribution in [0.15, 0.2) is 33.3 Å². The van der Waals surface area contributed by atoms with E-state index in [1.807, 2.05) is 19.9 Å². The largest absolute Gasteiger partial charge is 0.493 e. The number of carbonyl (C=O) groups is 1. The summed E-state index contributed by atoms with van der Waals surface area (Å²) in [5.41, 5.74) is 1.71. The highest BCUT2D eigenvalue weighted by Crippen LogP contribution is 2.30. The molecule has 9 heteroatoms. The van der Waals surface area contributed by atoms with Gasteiger partial charge >= 0.3 is 0 Å². The third kappa shape index (κ3) is 5.30. The number of carbonyl (C=O) groups excluding carboxylic acids is 1. The van der Waals surface area contributed by atoms with Crippen molar-refractivity contribution in [2.45, 2.75) is 46.8 Å². The van der Waals surface area contributed by atoms with Crippen molar-refractivity contribution >= 4 is 12.0 Å². The monoisotopic (exact) mass is 426 g/mol. The molecule has 3 aromatic rings. The molecule has 0 fully saturated rings. The molecular weight excluding hydrogens is 400 g/mol. The molecule has 9 nitrogen and oxygen atoms in total. The van der Waals surface area contributed by atoms with Gasteiger partial charge in [0.25, 0.3) is 0 Å². The first-order valence-corrected chi connectivity index (χ1v) is 9.73. The minimum atomic E-state index is -0.771. The lowest BCUT2D eigenvalue weighted by molar-refractivity contribution is -0.118. The number of ether oxygens (including phenoxy) is 2. The third-order valence-electron chi connectivity index (χ3n) is 4.69. The van der Waals surface area contributed by atoms with Gasteiger partial charge < -0.3 is 23.8 Å². The summed E-state index contributed by atoms with van der Waals surface area (Å²) in [6.45, 7) is 9.33. The Bertz CT molecular complexity index is 1080. The van der Waals surface area contributed by atoms with E-state index < -0.39 is 5.54 Å². The Morgan fingerprint density at radius 2 is 1.94 bits per heavy atom. The Kier molecular flexibility index (Phi) is 6.43. The normalized spacial score (nSPS) is 11.7. The molecule has 3 rings (SSSR count). The molecule has 31 heavy (non-hydrogen) atoms.